The summed E-state index contributed by atoms with van der Waals surface area (Å²) in [6, 6.07) is 0. The van der Waals surface area contributed by atoms with Gasteiger partial charge in [-0.1, -0.05) is 19.4 Å². The van der Waals surface area contributed by atoms with Crippen molar-refractivity contribution in [2.75, 3.05) is 0 Å². The highest BCUT2D eigenvalue weighted by Gasteiger charge is 2.58. The van der Waals surface area contributed by atoms with Crippen LogP contribution in [0.2, 0.25) is 0 Å². The van der Waals surface area contributed by atoms with Crippen LogP contribution in [0.1, 0.15) is 65.2 Å². The highest BCUT2D eigenvalue weighted by atomic mass is 16.3. The van der Waals surface area contributed by atoms with Gasteiger partial charge in [-0.05, 0) is 79.6 Å². The predicted molar refractivity (Wildman–Crippen MR) is 82.7 cm³/mol. The molecule has 116 valence electrons. The smallest absolute Gasteiger partial charge is 0.155 e. The van der Waals surface area contributed by atoms with Crippen LogP contribution in [0.3, 0.4) is 0 Å². The Bertz CT molecular complexity index is 508. The maximum Gasteiger partial charge on any atom is 0.155 e. The molecule has 0 aromatic carbocycles. The molecule has 0 aromatic heterocycles. The highest BCUT2D eigenvalue weighted by Crippen LogP contribution is 2.65. The number of ketones is 1. The largest absolute Gasteiger partial charge is 0.393 e. The minimum Gasteiger partial charge on any atom is -0.393 e. The molecule has 0 bridgehead atoms. The first kappa shape index (κ1) is 14.0. The fourth-order valence-corrected chi connectivity index (χ4v) is 6.53. The summed E-state index contributed by atoms with van der Waals surface area (Å²) in [5, 5.41) is 10.4. The summed E-state index contributed by atoms with van der Waals surface area (Å²) in [6.07, 6.45) is 10.7. The summed E-state index contributed by atoms with van der Waals surface area (Å²) in [5.74, 6) is 2.57. The third kappa shape index (κ3) is 1.78. The lowest BCUT2D eigenvalue weighted by Crippen LogP contribution is -2.51. The third-order valence-corrected chi connectivity index (χ3v) is 7.91. The molecule has 21 heavy (non-hydrogen) atoms. The molecule has 0 heterocycles. The fraction of sp³-hybridized carbons (Fsp3) is 0.842. The fourth-order valence-electron chi connectivity index (χ4n) is 6.53. The number of carbonyl (C=O) groups is 1. The quantitative estimate of drug-likeness (QED) is 0.734. The van der Waals surface area contributed by atoms with Crippen LogP contribution in [0, 0.1) is 28.6 Å². The van der Waals surface area contributed by atoms with E-state index in [9.17, 15) is 9.90 Å². The van der Waals surface area contributed by atoms with Crippen LogP contribution in [-0.4, -0.2) is 17.0 Å². The molecule has 0 radical (unpaired) electrons. The highest BCUT2D eigenvalue weighted by molar-refractivity contribution is 5.91. The number of rotatable bonds is 0. The number of fused-ring (bicyclic) bond motifs is 5. The minimum atomic E-state index is -0.0823. The Hall–Kier alpha value is -0.630. The second-order valence-corrected chi connectivity index (χ2v) is 8.61. The third-order valence-electron chi connectivity index (χ3n) is 7.91. The first-order chi connectivity index (χ1) is 9.95. The van der Waals surface area contributed by atoms with Gasteiger partial charge in [0.1, 0.15) is 0 Å². The van der Waals surface area contributed by atoms with Gasteiger partial charge in [-0.25, -0.2) is 0 Å². The zero-order chi connectivity index (χ0) is 14.8. The van der Waals surface area contributed by atoms with Crippen LogP contribution in [-0.2, 0) is 4.79 Å². The van der Waals surface area contributed by atoms with Crippen molar-refractivity contribution in [3.8, 4) is 0 Å². The molecule has 2 nitrogen and oxygen atoms in total. The first-order valence-electron chi connectivity index (χ1n) is 8.87. The molecule has 4 aliphatic rings. The van der Waals surface area contributed by atoms with E-state index in [-0.39, 0.29) is 16.9 Å². The van der Waals surface area contributed by atoms with E-state index in [1.165, 1.54) is 31.3 Å². The van der Waals surface area contributed by atoms with Gasteiger partial charge in [0.05, 0.1) is 6.10 Å². The zero-order valence-electron chi connectivity index (χ0n) is 13.4. The number of aliphatic hydroxyl groups is 1. The Morgan fingerprint density at radius 2 is 1.86 bits per heavy atom. The van der Waals surface area contributed by atoms with Crippen molar-refractivity contribution < 1.29 is 9.90 Å². The summed E-state index contributed by atoms with van der Waals surface area (Å²) in [6.45, 7) is 4.76. The predicted octanol–water partition coefficient (Wildman–Crippen LogP) is 3.88. The number of hydrogen-bond donors (Lipinski definition) is 1. The van der Waals surface area contributed by atoms with Crippen LogP contribution in [0.4, 0.5) is 0 Å². The Balaban J connectivity index is 1.69. The summed E-state index contributed by atoms with van der Waals surface area (Å²) in [4.78, 5) is 11.8. The molecule has 3 fully saturated rings. The summed E-state index contributed by atoms with van der Waals surface area (Å²) in [7, 11) is 0. The Morgan fingerprint density at radius 3 is 2.67 bits per heavy atom. The molecular formula is C19H28O2. The van der Waals surface area contributed by atoms with Crippen LogP contribution in [0.25, 0.3) is 0 Å². The maximum atomic E-state index is 11.8. The number of allylic oxidation sites excluding steroid dienone is 1. The molecule has 1 N–H and O–H groups in total. The SMILES string of the molecule is C[C@@]12CC[C@@H]3[C@@H](CCC4=CC(=O)CC[C@]43C)[C@@H]1CC[C@@H]2O. The van der Waals surface area contributed by atoms with Gasteiger partial charge >= 0.3 is 0 Å². The van der Waals surface area contributed by atoms with Gasteiger partial charge < -0.3 is 5.11 Å². The van der Waals surface area contributed by atoms with Crippen LogP contribution in [0.5, 0.6) is 0 Å². The summed E-state index contributed by atoms with van der Waals surface area (Å²) in [5.41, 5.74) is 1.89. The summed E-state index contributed by atoms with van der Waals surface area (Å²) < 4.78 is 0. The topological polar surface area (TPSA) is 37.3 Å². The molecule has 4 rings (SSSR count). The molecule has 2 heteroatoms. The van der Waals surface area contributed by atoms with E-state index in [1.54, 1.807) is 0 Å². The van der Waals surface area contributed by atoms with Crippen LogP contribution >= 0.6 is 0 Å². The average molecular weight is 288 g/mol. The van der Waals surface area contributed by atoms with E-state index in [0.29, 0.717) is 11.7 Å². The van der Waals surface area contributed by atoms with Crippen molar-refractivity contribution in [2.24, 2.45) is 28.6 Å². The number of hydrogen-bond acceptors (Lipinski definition) is 2. The first-order valence-corrected chi connectivity index (χ1v) is 8.87. The van der Waals surface area contributed by atoms with Crippen molar-refractivity contribution in [1.29, 1.82) is 0 Å². The number of carbonyl (C=O) groups excluding carboxylic acids is 1. The molecule has 0 amide bonds. The molecule has 6 atom stereocenters. The maximum absolute atomic E-state index is 11.8. The van der Waals surface area contributed by atoms with E-state index in [1.807, 2.05) is 6.08 Å². The molecule has 4 aliphatic carbocycles. The molecule has 3 saturated carbocycles. The van der Waals surface area contributed by atoms with Crippen molar-refractivity contribution in [3.63, 3.8) is 0 Å². The molecule has 0 aromatic rings. The second-order valence-electron chi connectivity index (χ2n) is 8.61. The molecule has 0 unspecified atom stereocenters. The van der Waals surface area contributed by atoms with E-state index in [2.05, 4.69) is 13.8 Å². The lowest BCUT2D eigenvalue weighted by atomic mass is 9.47. The molecular weight excluding hydrogens is 260 g/mol. The second kappa shape index (κ2) is 4.44. The van der Waals surface area contributed by atoms with E-state index >= 15 is 0 Å². The standard InChI is InChI=1S/C19H28O2/c1-18-9-7-13(20)11-12(18)3-4-14-15-5-6-17(21)19(15,2)10-8-16(14)18/h11,14-17,21H,3-10H2,1-2H3/t14-,15-,16+,17-,18+,19+/m0/s1. The molecule has 0 saturated heterocycles. The Morgan fingerprint density at radius 1 is 1.05 bits per heavy atom. The monoisotopic (exact) mass is 288 g/mol. The van der Waals surface area contributed by atoms with Gasteiger partial charge in [0.2, 0.25) is 0 Å². The van der Waals surface area contributed by atoms with E-state index in [0.717, 1.165) is 37.5 Å². The van der Waals surface area contributed by atoms with Gasteiger partial charge in [-0.15, -0.1) is 0 Å². The Labute approximate surface area is 128 Å². The van der Waals surface area contributed by atoms with Gasteiger partial charge in [0.15, 0.2) is 5.78 Å². The molecule has 0 aliphatic heterocycles. The Kier molecular flexibility index (Phi) is 2.96. The van der Waals surface area contributed by atoms with Crippen LogP contribution in [0.15, 0.2) is 11.6 Å². The van der Waals surface area contributed by atoms with Gasteiger partial charge in [-0.3, -0.25) is 4.79 Å². The lowest BCUT2D eigenvalue weighted by molar-refractivity contribution is -0.118. The van der Waals surface area contributed by atoms with Gasteiger partial charge in [0, 0.05) is 6.42 Å². The van der Waals surface area contributed by atoms with E-state index in [4.69, 9.17) is 0 Å². The van der Waals surface area contributed by atoms with Gasteiger partial charge in [-0.2, -0.15) is 0 Å². The van der Waals surface area contributed by atoms with Crippen molar-refractivity contribution in [2.45, 2.75) is 71.3 Å². The minimum absolute atomic E-state index is 0.0823. The number of aliphatic hydroxyl groups excluding tert-OH is 1. The van der Waals surface area contributed by atoms with Gasteiger partial charge in [0.25, 0.3) is 0 Å². The summed E-state index contributed by atoms with van der Waals surface area (Å²) >= 11 is 0. The normalized spacial score (nSPS) is 52.7. The van der Waals surface area contributed by atoms with E-state index < -0.39 is 0 Å². The van der Waals surface area contributed by atoms with Crippen LogP contribution < -0.4 is 0 Å². The van der Waals surface area contributed by atoms with Crippen molar-refractivity contribution in [3.05, 3.63) is 11.6 Å². The molecule has 0 spiro atoms. The van der Waals surface area contributed by atoms with Crippen molar-refractivity contribution in [1.82, 2.24) is 0 Å². The average Bonchev–Trinajstić information content (AvgIpc) is 2.76. The van der Waals surface area contributed by atoms with Crippen molar-refractivity contribution >= 4 is 5.78 Å². The zero-order valence-corrected chi connectivity index (χ0v) is 13.4. The lowest BCUT2D eigenvalue weighted by Gasteiger charge is -2.57.